The van der Waals surface area contributed by atoms with Crippen molar-refractivity contribution in [2.45, 2.75) is 39.0 Å². The minimum Gasteiger partial charge on any atom is -0.377 e. The number of aromatic nitrogens is 2. The Bertz CT molecular complexity index is 415. The largest absolute Gasteiger partial charge is 0.377 e. The maximum absolute atomic E-state index is 12.2. The third-order valence-corrected chi connectivity index (χ3v) is 3.01. The molecule has 0 radical (unpaired) electrons. The molecule has 1 fully saturated rings. The summed E-state index contributed by atoms with van der Waals surface area (Å²) in [7, 11) is 1.56. The zero-order valence-electron chi connectivity index (χ0n) is 11.3. The van der Waals surface area contributed by atoms with Crippen LogP contribution in [-0.2, 0) is 27.4 Å². The molecule has 106 valence electrons. The zero-order valence-corrected chi connectivity index (χ0v) is 11.3. The van der Waals surface area contributed by atoms with Crippen LogP contribution in [0.4, 0.5) is 0 Å². The van der Waals surface area contributed by atoms with Crippen LogP contribution in [0, 0.1) is 0 Å². The van der Waals surface area contributed by atoms with Crippen LogP contribution in [0.5, 0.6) is 0 Å². The lowest BCUT2D eigenvalue weighted by atomic mass is 10.2. The first-order chi connectivity index (χ1) is 9.24. The van der Waals surface area contributed by atoms with Crippen molar-refractivity contribution in [2.75, 3.05) is 20.3 Å². The molecule has 0 bridgehead atoms. The molecule has 1 atom stereocenters. The van der Waals surface area contributed by atoms with E-state index in [0.29, 0.717) is 38.0 Å². The van der Waals surface area contributed by atoms with Crippen LogP contribution in [0.15, 0.2) is 4.52 Å². The Hall–Kier alpha value is -1.47. The molecule has 0 saturated carbocycles. The Kier molecular flexibility index (Phi) is 4.86. The predicted molar refractivity (Wildman–Crippen MR) is 65.1 cm³/mol. The van der Waals surface area contributed by atoms with E-state index in [-0.39, 0.29) is 12.0 Å². The number of hydrogen-bond donors (Lipinski definition) is 0. The van der Waals surface area contributed by atoms with Crippen LogP contribution < -0.4 is 0 Å². The highest BCUT2D eigenvalue weighted by molar-refractivity contribution is 5.81. The summed E-state index contributed by atoms with van der Waals surface area (Å²) in [6.45, 7) is 3.77. The van der Waals surface area contributed by atoms with E-state index in [9.17, 15) is 4.79 Å². The van der Waals surface area contributed by atoms with Gasteiger partial charge in [0.2, 0.25) is 5.89 Å². The summed E-state index contributed by atoms with van der Waals surface area (Å²) in [5, 5.41) is 3.77. The van der Waals surface area contributed by atoms with Crippen LogP contribution in [0.3, 0.4) is 0 Å². The number of carbonyl (C=O) groups excluding carboxylic acids is 1. The summed E-state index contributed by atoms with van der Waals surface area (Å²) in [5.74, 6) is 0.893. The van der Waals surface area contributed by atoms with Gasteiger partial charge in [0.25, 0.3) is 5.91 Å². The molecule has 0 N–H and O–H groups in total. The summed E-state index contributed by atoms with van der Waals surface area (Å²) in [4.78, 5) is 18.0. The van der Waals surface area contributed by atoms with Gasteiger partial charge in [0.15, 0.2) is 5.82 Å². The molecule has 0 aliphatic carbocycles. The van der Waals surface area contributed by atoms with Gasteiger partial charge < -0.3 is 18.9 Å². The molecular formula is C12H19N3O4. The maximum atomic E-state index is 12.2. The minimum atomic E-state index is -0.318. The topological polar surface area (TPSA) is 77.7 Å². The van der Waals surface area contributed by atoms with Crippen molar-refractivity contribution in [3.63, 3.8) is 0 Å². The van der Waals surface area contributed by atoms with E-state index < -0.39 is 0 Å². The van der Waals surface area contributed by atoms with Crippen LogP contribution in [0.2, 0.25) is 0 Å². The molecule has 2 heterocycles. The Balaban J connectivity index is 1.95. The predicted octanol–water partition coefficient (Wildman–Crippen LogP) is 0.743. The van der Waals surface area contributed by atoms with Gasteiger partial charge in [0.05, 0.1) is 0 Å². The van der Waals surface area contributed by atoms with Crippen molar-refractivity contribution in [1.29, 1.82) is 0 Å². The lowest BCUT2D eigenvalue weighted by Gasteiger charge is -2.21. The molecule has 1 saturated heterocycles. The molecule has 19 heavy (non-hydrogen) atoms. The molecular weight excluding hydrogens is 250 g/mol. The molecule has 0 spiro atoms. The van der Waals surface area contributed by atoms with Gasteiger partial charge in [-0.25, -0.2) is 0 Å². The van der Waals surface area contributed by atoms with Gasteiger partial charge in [0, 0.05) is 20.3 Å². The number of nitrogens with zero attached hydrogens (tertiary/aromatic N) is 3. The summed E-state index contributed by atoms with van der Waals surface area (Å²) in [6.07, 6.45) is 1.40. The normalized spacial score (nSPS) is 18.7. The van der Waals surface area contributed by atoms with E-state index in [1.807, 2.05) is 6.92 Å². The first-order valence-electron chi connectivity index (χ1n) is 6.45. The number of carbonyl (C=O) groups is 1. The monoisotopic (exact) mass is 269 g/mol. The van der Waals surface area contributed by atoms with Crippen LogP contribution in [0.25, 0.3) is 0 Å². The second-order valence-electron chi connectivity index (χ2n) is 4.39. The van der Waals surface area contributed by atoms with Crippen molar-refractivity contribution in [3.05, 3.63) is 11.7 Å². The van der Waals surface area contributed by atoms with E-state index in [4.69, 9.17) is 14.0 Å². The Morgan fingerprint density at radius 1 is 1.58 bits per heavy atom. The van der Waals surface area contributed by atoms with Crippen LogP contribution in [0.1, 0.15) is 31.5 Å². The Morgan fingerprint density at radius 3 is 3.05 bits per heavy atom. The summed E-state index contributed by atoms with van der Waals surface area (Å²) in [5.41, 5.74) is 0. The highest BCUT2D eigenvalue weighted by Gasteiger charge is 2.28. The fraction of sp³-hybridized carbons (Fsp3) is 0.750. The third-order valence-electron chi connectivity index (χ3n) is 3.01. The molecule has 1 aromatic heterocycles. The number of hydrogen-bond acceptors (Lipinski definition) is 6. The molecule has 1 aromatic rings. The summed E-state index contributed by atoms with van der Waals surface area (Å²) < 4.78 is 15.4. The van der Waals surface area contributed by atoms with Crippen LogP contribution in [-0.4, -0.2) is 47.3 Å². The highest BCUT2D eigenvalue weighted by Crippen LogP contribution is 2.16. The SMILES string of the molecule is CCN(Cc1nc(COC)no1)C(=O)C1CCCO1. The van der Waals surface area contributed by atoms with Gasteiger partial charge in [-0.1, -0.05) is 5.16 Å². The summed E-state index contributed by atoms with van der Waals surface area (Å²) in [6, 6.07) is 0. The number of likely N-dealkylation sites (N-methyl/N-ethyl adjacent to an activating group) is 1. The third kappa shape index (κ3) is 3.51. The van der Waals surface area contributed by atoms with Gasteiger partial charge in [-0.15, -0.1) is 0 Å². The second kappa shape index (κ2) is 6.63. The van der Waals surface area contributed by atoms with E-state index in [1.165, 1.54) is 0 Å². The quantitative estimate of drug-likeness (QED) is 0.758. The van der Waals surface area contributed by atoms with Gasteiger partial charge in [0.1, 0.15) is 19.3 Å². The van der Waals surface area contributed by atoms with Gasteiger partial charge >= 0.3 is 0 Å². The molecule has 7 heteroatoms. The molecule has 1 aliphatic rings. The van der Waals surface area contributed by atoms with Crippen molar-refractivity contribution < 1.29 is 18.8 Å². The summed E-state index contributed by atoms with van der Waals surface area (Å²) >= 11 is 0. The van der Waals surface area contributed by atoms with Gasteiger partial charge in [-0.2, -0.15) is 4.98 Å². The molecule has 1 unspecified atom stereocenters. The smallest absolute Gasteiger partial charge is 0.252 e. The second-order valence-corrected chi connectivity index (χ2v) is 4.39. The Morgan fingerprint density at radius 2 is 2.42 bits per heavy atom. The fourth-order valence-corrected chi connectivity index (χ4v) is 2.03. The van der Waals surface area contributed by atoms with Crippen molar-refractivity contribution in [2.24, 2.45) is 0 Å². The first kappa shape index (κ1) is 14.0. The average Bonchev–Trinajstić information content (AvgIpc) is 3.07. The van der Waals surface area contributed by atoms with E-state index >= 15 is 0 Å². The van der Waals surface area contributed by atoms with E-state index in [2.05, 4.69) is 10.1 Å². The Labute approximate surface area is 111 Å². The number of methoxy groups -OCH3 is 1. The minimum absolute atomic E-state index is 0.00788. The standard InChI is InChI=1S/C12H19N3O4/c1-3-15(12(16)9-5-4-6-18-9)7-11-13-10(8-17-2)14-19-11/h9H,3-8H2,1-2H3. The van der Waals surface area contributed by atoms with Crippen molar-refractivity contribution in [3.8, 4) is 0 Å². The lowest BCUT2D eigenvalue weighted by molar-refractivity contribution is -0.141. The number of ether oxygens (including phenoxy) is 2. The van der Waals surface area contributed by atoms with Crippen LogP contribution >= 0.6 is 0 Å². The first-order valence-corrected chi connectivity index (χ1v) is 6.45. The average molecular weight is 269 g/mol. The maximum Gasteiger partial charge on any atom is 0.252 e. The lowest BCUT2D eigenvalue weighted by Crippen LogP contribution is -2.38. The molecule has 2 rings (SSSR count). The number of rotatable bonds is 6. The van der Waals surface area contributed by atoms with E-state index in [1.54, 1.807) is 12.0 Å². The fourth-order valence-electron chi connectivity index (χ4n) is 2.03. The van der Waals surface area contributed by atoms with Gasteiger partial charge in [-0.3, -0.25) is 4.79 Å². The van der Waals surface area contributed by atoms with Crippen molar-refractivity contribution >= 4 is 5.91 Å². The molecule has 7 nitrogen and oxygen atoms in total. The molecule has 1 amide bonds. The van der Waals surface area contributed by atoms with E-state index in [0.717, 1.165) is 12.8 Å². The number of amides is 1. The van der Waals surface area contributed by atoms with Gasteiger partial charge in [-0.05, 0) is 19.8 Å². The molecule has 0 aromatic carbocycles. The highest BCUT2D eigenvalue weighted by atomic mass is 16.5. The molecule has 1 aliphatic heterocycles. The van der Waals surface area contributed by atoms with Crippen molar-refractivity contribution in [1.82, 2.24) is 15.0 Å². The zero-order chi connectivity index (χ0) is 13.7.